The molecule has 0 spiro atoms. The standard InChI is InChI=1S/C5H6N2O2/c6-7-5-4(8)2-1-3-9-5/h1-2,5-6H,3H2. The molecule has 48 valence electrons. The number of rotatable bonds is 1. The summed E-state index contributed by atoms with van der Waals surface area (Å²) in [4.78, 5) is 10.6. The van der Waals surface area contributed by atoms with E-state index in [1.165, 1.54) is 6.08 Å². The quantitative estimate of drug-likeness (QED) is 0.520. The van der Waals surface area contributed by atoms with E-state index in [1.54, 1.807) is 6.08 Å². The molecule has 0 aliphatic carbocycles. The first-order valence-electron chi connectivity index (χ1n) is 2.53. The van der Waals surface area contributed by atoms with E-state index in [-0.39, 0.29) is 5.78 Å². The van der Waals surface area contributed by atoms with Gasteiger partial charge in [-0.1, -0.05) is 6.08 Å². The van der Waals surface area contributed by atoms with Gasteiger partial charge in [0.1, 0.15) is 0 Å². The van der Waals surface area contributed by atoms with Crippen molar-refractivity contribution < 1.29 is 9.53 Å². The molecule has 4 nitrogen and oxygen atoms in total. The van der Waals surface area contributed by atoms with Crippen LogP contribution in [0, 0.1) is 5.53 Å². The van der Waals surface area contributed by atoms with Crippen molar-refractivity contribution in [2.45, 2.75) is 6.23 Å². The summed E-state index contributed by atoms with van der Waals surface area (Å²) in [5.74, 6) is -0.253. The van der Waals surface area contributed by atoms with Crippen LogP contribution in [0.2, 0.25) is 0 Å². The van der Waals surface area contributed by atoms with E-state index in [0.717, 1.165) is 0 Å². The van der Waals surface area contributed by atoms with Crippen LogP contribution < -0.4 is 0 Å². The molecule has 0 aromatic carbocycles. The SMILES string of the molecule is N=NC1OCC=CC1=O. The minimum Gasteiger partial charge on any atom is -0.344 e. The number of nitrogens with zero attached hydrogens (tertiary/aromatic N) is 1. The first kappa shape index (κ1) is 6.10. The number of ketones is 1. The van der Waals surface area contributed by atoms with Crippen molar-refractivity contribution in [3.05, 3.63) is 12.2 Å². The smallest absolute Gasteiger partial charge is 0.231 e. The summed E-state index contributed by atoms with van der Waals surface area (Å²) in [5.41, 5.74) is 6.47. The largest absolute Gasteiger partial charge is 0.344 e. The van der Waals surface area contributed by atoms with Crippen molar-refractivity contribution in [3.63, 3.8) is 0 Å². The third-order valence-electron chi connectivity index (χ3n) is 0.993. The third kappa shape index (κ3) is 1.20. The Bertz CT molecular complexity index is 164. The zero-order valence-corrected chi connectivity index (χ0v) is 4.70. The topological polar surface area (TPSA) is 62.5 Å². The van der Waals surface area contributed by atoms with Gasteiger partial charge in [-0.2, -0.15) is 5.11 Å². The highest BCUT2D eigenvalue weighted by Crippen LogP contribution is 2.02. The highest BCUT2D eigenvalue weighted by molar-refractivity contribution is 5.93. The van der Waals surface area contributed by atoms with Crippen LogP contribution in [-0.2, 0) is 9.53 Å². The number of nitrogens with one attached hydrogen (secondary N) is 1. The van der Waals surface area contributed by atoms with Gasteiger partial charge in [-0.15, -0.1) is 0 Å². The van der Waals surface area contributed by atoms with Crippen molar-refractivity contribution in [2.75, 3.05) is 6.61 Å². The van der Waals surface area contributed by atoms with Crippen LogP contribution in [0.3, 0.4) is 0 Å². The van der Waals surface area contributed by atoms with Gasteiger partial charge in [0.15, 0.2) is 0 Å². The second-order valence-electron chi connectivity index (χ2n) is 1.62. The first-order chi connectivity index (χ1) is 4.34. The molecule has 1 heterocycles. The molecule has 4 heteroatoms. The van der Waals surface area contributed by atoms with E-state index >= 15 is 0 Å². The van der Waals surface area contributed by atoms with Crippen molar-refractivity contribution in [3.8, 4) is 0 Å². The summed E-state index contributed by atoms with van der Waals surface area (Å²) < 4.78 is 4.75. The van der Waals surface area contributed by atoms with Gasteiger partial charge >= 0.3 is 0 Å². The van der Waals surface area contributed by atoms with Crippen LogP contribution in [-0.4, -0.2) is 18.6 Å². The second-order valence-corrected chi connectivity index (χ2v) is 1.62. The molecule has 1 N–H and O–H groups in total. The summed E-state index contributed by atoms with van der Waals surface area (Å²) in [6, 6.07) is 0. The second kappa shape index (κ2) is 2.50. The maximum Gasteiger partial charge on any atom is 0.231 e. The minimum atomic E-state index is -0.880. The van der Waals surface area contributed by atoms with E-state index in [0.29, 0.717) is 6.61 Å². The summed E-state index contributed by atoms with van der Waals surface area (Å²) in [6.45, 7) is 0.374. The minimum absolute atomic E-state index is 0.253. The Labute approximate surface area is 52.0 Å². The lowest BCUT2D eigenvalue weighted by atomic mass is 10.3. The fourth-order valence-electron chi connectivity index (χ4n) is 0.576. The first-order valence-corrected chi connectivity index (χ1v) is 2.53. The molecule has 1 unspecified atom stereocenters. The Balaban J connectivity index is 2.65. The van der Waals surface area contributed by atoms with E-state index in [1.807, 2.05) is 0 Å². The normalized spacial score (nSPS) is 26.2. The molecule has 0 fully saturated rings. The van der Waals surface area contributed by atoms with E-state index in [4.69, 9.17) is 10.3 Å². The Morgan fingerprint density at radius 3 is 3.11 bits per heavy atom. The summed E-state index contributed by atoms with van der Waals surface area (Å²) in [5, 5.41) is 2.96. The van der Waals surface area contributed by atoms with Gasteiger partial charge in [-0.05, 0) is 6.08 Å². The fourth-order valence-corrected chi connectivity index (χ4v) is 0.576. The maximum atomic E-state index is 10.6. The zero-order chi connectivity index (χ0) is 6.69. The molecule has 1 atom stereocenters. The van der Waals surface area contributed by atoms with Gasteiger partial charge < -0.3 is 4.74 Å². The van der Waals surface area contributed by atoms with E-state index < -0.39 is 6.23 Å². The van der Waals surface area contributed by atoms with Crippen LogP contribution in [0.4, 0.5) is 0 Å². The molecular weight excluding hydrogens is 120 g/mol. The van der Waals surface area contributed by atoms with Gasteiger partial charge in [0.25, 0.3) is 0 Å². The molecule has 0 aromatic rings. The number of hydrogen-bond donors (Lipinski definition) is 1. The van der Waals surface area contributed by atoms with Crippen LogP contribution in [0.15, 0.2) is 17.3 Å². The summed E-state index contributed by atoms with van der Waals surface area (Å²) in [7, 11) is 0. The fraction of sp³-hybridized carbons (Fsp3) is 0.400. The zero-order valence-electron chi connectivity index (χ0n) is 4.70. The molecule has 0 saturated heterocycles. The molecule has 0 bridgehead atoms. The molecule has 1 rings (SSSR count). The van der Waals surface area contributed by atoms with Crippen LogP contribution >= 0.6 is 0 Å². The van der Waals surface area contributed by atoms with Gasteiger partial charge in [0.2, 0.25) is 12.0 Å². The van der Waals surface area contributed by atoms with Crippen LogP contribution in [0.25, 0.3) is 0 Å². The van der Waals surface area contributed by atoms with Crippen molar-refractivity contribution >= 4 is 5.78 Å². The molecule has 9 heavy (non-hydrogen) atoms. The highest BCUT2D eigenvalue weighted by Gasteiger charge is 2.16. The third-order valence-corrected chi connectivity index (χ3v) is 0.993. The molecule has 1 aliphatic heterocycles. The number of carbonyl (C=O) groups is 1. The average molecular weight is 126 g/mol. The highest BCUT2D eigenvalue weighted by atomic mass is 16.5. The molecule has 1 aliphatic rings. The van der Waals surface area contributed by atoms with Crippen molar-refractivity contribution in [1.29, 1.82) is 5.53 Å². The lowest BCUT2D eigenvalue weighted by Crippen LogP contribution is -2.23. The van der Waals surface area contributed by atoms with Gasteiger partial charge in [-0.25, -0.2) is 5.53 Å². The Hall–Kier alpha value is -1.03. The summed E-state index contributed by atoms with van der Waals surface area (Å²) >= 11 is 0. The lowest BCUT2D eigenvalue weighted by Gasteiger charge is -2.09. The predicted molar refractivity (Wildman–Crippen MR) is 29.0 cm³/mol. The number of hydrogen-bond acceptors (Lipinski definition) is 4. The molecule has 0 saturated carbocycles. The Kier molecular flexibility index (Phi) is 1.69. The van der Waals surface area contributed by atoms with E-state index in [2.05, 4.69) is 5.11 Å². The van der Waals surface area contributed by atoms with Gasteiger partial charge in [-0.3, -0.25) is 4.79 Å². The molecular formula is C5H6N2O2. The van der Waals surface area contributed by atoms with Crippen molar-refractivity contribution in [1.82, 2.24) is 0 Å². The van der Waals surface area contributed by atoms with Gasteiger partial charge in [0, 0.05) is 0 Å². The predicted octanol–water partition coefficient (Wildman–Crippen LogP) is 0.499. The Morgan fingerprint density at radius 2 is 2.67 bits per heavy atom. The van der Waals surface area contributed by atoms with Crippen LogP contribution in [0.1, 0.15) is 0 Å². The maximum absolute atomic E-state index is 10.6. The number of carbonyl (C=O) groups excluding carboxylic acids is 1. The van der Waals surface area contributed by atoms with Crippen molar-refractivity contribution in [2.24, 2.45) is 5.11 Å². The number of ether oxygens (including phenoxy) is 1. The molecule has 0 radical (unpaired) electrons. The molecule has 0 amide bonds. The van der Waals surface area contributed by atoms with Gasteiger partial charge in [0.05, 0.1) is 6.61 Å². The van der Waals surface area contributed by atoms with Crippen LogP contribution in [0.5, 0.6) is 0 Å². The monoisotopic (exact) mass is 126 g/mol. The summed E-state index contributed by atoms with van der Waals surface area (Å²) in [6.07, 6.45) is 2.10. The lowest BCUT2D eigenvalue weighted by molar-refractivity contribution is -0.126. The molecule has 0 aromatic heterocycles. The van der Waals surface area contributed by atoms with E-state index in [9.17, 15) is 4.79 Å². The average Bonchev–Trinajstić information content (AvgIpc) is 1.89. The Morgan fingerprint density at radius 1 is 1.89 bits per heavy atom.